The first-order valence-corrected chi connectivity index (χ1v) is 9.27. The van der Waals surface area contributed by atoms with Gasteiger partial charge in [0.1, 0.15) is 11.6 Å². The molecule has 3 rings (SSSR count). The number of carbonyl (C=O) groups excluding carboxylic acids is 1. The van der Waals surface area contributed by atoms with Crippen molar-refractivity contribution < 1.29 is 18.7 Å². The minimum absolute atomic E-state index is 0.0712. The first-order valence-electron chi connectivity index (χ1n) is 9.27. The maximum absolute atomic E-state index is 13.7. The van der Waals surface area contributed by atoms with Crippen LogP contribution in [0, 0.1) is 11.7 Å². The van der Waals surface area contributed by atoms with Crippen molar-refractivity contribution >= 4 is 5.97 Å². The molecule has 1 aromatic carbocycles. The average molecular weight is 372 g/mol. The zero-order valence-corrected chi connectivity index (χ0v) is 15.8. The Balaban J connectivity index is 1.75. The van der Waals surface area contributed by atoms with Crippen LogP contribution in [0.15, 0.2) is 36.7 Å². The summed E-state index contributed by atoms with van der Waals surface area (Å²) < 4.78 is 24.2. The van der Waals surface area contributed by atoms with Crippen LogP contribution in [0.1, 0.15) is 25.3 Å². The largest absolute Gasteiger partial charge is 0.496 e. The predicted molar refractivity (Wildman–Crippen MR) is 101 cm³/mol. The molecule has 1 saturated heterocycles. The molecule has 0 bridgehead atoms. The topological polar surface area (TPSA) is 51.7 Å². The van der Waals surface area contributed by atoms with Crippen molar-refractivity contribution in [3.63, 3.8) is 0 Å². The first-order chi connectivity index (χ1) is 13.1. The monoisotopic (exact) mass is 372 g/mol. The number of aromatic nitrogens is 1. The number of nitrogens with zero attached hydrogens (tertiary/aromatic N) is 2. The molecular formula is C21H25FN2O3. The molecular weight excluding hydrogens is 347 g/mol. The van der Waals surface area contributed by atoms with Crippen molar-refractivity contribution in [1.29, 1.82) is 0 Å². The van der Waals surface area contributed by atoms with Crippen molar-refractivity contribution in [2.75, 3.05) is 26.8 Å². The van der Waals surface area contributed by atoms with Crippen LogP contribution in [0.25, 0.3) is 11.1 Å². The summed E-state index contributed by atoms with van der Waals surface area (Å²) in [4.78, 5) is 18.6. The van der Waals surface area contributed by atoms with Gasteiger partial charge in [0, 0.05) is 36.6 Å². The van der Waals surface area contributed by atoms with E-state index in [1.54, 1.807) is 19.4 Å². The number of piperidine rings is 1. The molecule has 2 aromatic rings. The zero-order valence-electron chi connectivity index (χ0n) is 15.8. The lowest BCUT2D eigenvalue weighted by atomic mass is 9.97. The molecule has 1 aliphatic rings. The van der Waals surface area contributed by atoms with Crippen molar-refractivity contribution in [2.24, 2.45) is 5.92 Å². The number of hydrogen-bond acceptors (Lipinski definition) is 5. The summed E-state index contributed by atoms with van der Waals surface area (Å²) in [6.45, 7) is 4.55. The van der Waals surface area contributed by atoms with E-state index in [2.05, 4.69) is 9.88 Å². The van der Waals surface area contributed by atoms with Crippen LogP contribution < -0.4 is 4.74 Å². The lowest BCUT2D eigenvalue weighted by Crippen LogP contribution is -2.38. The molecule has 144 valence electrons. The van der Waals surface area contributed by atoms with Gasteiger partial charge in [-0.15, -0.1) is 0 Å². The molecule has 1 atom stereocenters. The fourth-order valence-corrected chi connectivity index (χ4v) is 3.54. The Morgan fingerprint density at radius 2 is 2.19 bits per heavy atom. The van der Waals surface area contributed by atoms with Gasteiger partial charge in [-0.25, -0.2) is 4.39 Å². The van der Waals surface area contributed by atoms with E-state index in [1.165, 1.54) is 12.1 Å². The van der Waals surface area contributed by atoms with Crippen LogP contribution in [0.3, 0.4) is 0 Å². The second-order valence-electron chi connectivity index (χ2n) is 6.75. The Morgan fingerprint density at radius 1 is 1.33 bits per heavy atom. The Labute approximate surface area is 159 Å². The number of hydrogen-bond donors (Lipinski definition) is 0. The fourth-order valence-electron chi connectivity index (χ4n) is 3.54. The first kappa shape index (κ1) is 19.3. The molecule has 2 heterocycles. The van der Waals surface area contributed by atoms with E-state index in [-0.39, 0.29) is 17.7 Å². The summed E-state index contributed by atoms with van der Waals surface area (Å²) in [5, 5.41) is 0. The minimum atomic E-state index is -0.315. The molecule has 0 radical (unpaired) electrons. The summed E-state index contributed by atoms with van der Waals surface area (Å²) >= 11 is 0. The number of rotatable bonds is 6. The summed E-state index contributed by atoms with van der Waals surface area (Å²) in [5.74, 6) is 0.108. The summed E-state index contributed by atoms with van der Waals surface area (Å²) in [6, 6.07) is 6.45. The van der Waals surface area contributed by atoms with Gasteiger partial charge in [0.2, 0.25) is 0 Å². The second-order valence-corrected chi connectivity index (χ2v) is 6.75. The molecule has 0 amide bonds. The average Bonchev–Trinajstić information content (AvgIpc) is 2.68. The normalized spacial score (nSPS) is 17.5. The maximum atomic E-state index is 13.7. The molecule has 27 heavy (non-hydrogen) atoms. The lowest BCUT2D eigenvalue weighted by Gasteiger charge is -2.31. The van der Waals surface area contributed by atoms with Gasteiger partial charge in [-0.2, -0.15) is 0 Å². The van der Waals surface area contributed by atoms with E-state index in [9.17, 15) is 9.18 Å². The molecule has 0 N–H and O–H groups in total. The molecule has 0 saturated carbocycles. The van der Waals surface area contributed by atoms with Crippen LogP contribution in [-0.2, 0) is 16.1 Å². The molecule has 0 spiro atoms. The third-order valence-corrected chi connectivity index (χ3v) is 4.80. The van der Waals surface area contributed by atoms with E-state index in [0.717, 1.165) is 30.5 Å². The number of ether oxygens (including phenoxy) is 2. The minimum Gasteiger partial charge on any atom is -0.496 e. The Kier molecular flexibility index (Phi) is 6.40. The van der Waals surface area contributed by atoms with Crippen LogP contribution in [-0.4, -0.2) is 42.7 Å². The molecule has 0 aliphatic carbocycles. The standard InChI is InChI=1S/C21H25FN2O3/c1-3-27-21(25)16-5-4-8-24(14-16)13-15-9-17(12-23-11-15)19-10-18(22)6-7-20(19)26-2/h6-7,9-12,16H,3-5,8,13-14H2,1-2H3. The smallest absolute Gasteiger partial charge is 0.310 e. The van der Waals surface area contributed by atoms with Gasteiger partial charge in [-0.1, -0.05) is 0 Å². The number of methoxy groups -OCH3 is 1. The molecule has 1 aliphatic heterocycles. The Morgan fingerprint density at radius 3 is 2.96 bits per heavy atom. The molecule has 1 fully saturated rings. The van der Waals surface area contributed by atoms with E-state index >= 15 is 0 Å². The number of carbonyl (C=O) groups is 1. The summed E-state index contributed by atoms with van der Waals surface area (Å²) in [6.07, 6.45) is 5.35. The number of pyridine rings is 1. The molecule has 5 nitrogen and oxygen atoms in total. The van der Waals surface area contributed by atoms with Crippen LogP contribution >= 0.6 is 0 Å². The van der Waals surface area contributed by atoms with Crippen LogP contribution in [0.4, 0.5) is 4.39 Å². The maximum Gasteiger partial charge on any atom is 0.310 e. The van der Waals surface area contributed by atoms with Crippen molar-refractivity contribution in [3.05, 3.63) is 48.0 Å². The van der Waals surface area contributed by atoms with Gasteiger partial charge >= 0.3 is 5.97 Å². The van der Waals surface area contributed by atoms with E-state index in [0.29, 0.717) is 31.0 Å². The third-order valence-electron chi connectivity index (χ3n) is 4.80. The van der Waals surface area contributed by atoms with Gasteiger partial charge in [-0.3, -0.25) is 14.7 Å². The highest BCUT2D eigenvalue weighted by Gasteiger charge is 2.26. The lowest BCUT2D eigenvalue weighted by molar-refractivity contribution is -0.150. The van der Waals surface area contributed by atoms with Crippen molar-refractivity contribution in [3.8, 4) is 16.9 Å². The van der Waals surface area contributed by atoms with Crippen molar-refractivity contribution in [2.45, 2.75) is 26.3 Å². The fraction of sp³-hybridized carbons (Fsp3) is 0.429. The zero-order chi connectivity index (χ0) is 19.2. The highest BCUT2D eigenvalue weighted by atomic mass is 19.1. The molecule has 6 heteroatoms. The Hall–Kier alpha value is -2.47. The van der Waals surface area contributed by atoms with E-state index in [1.807, 2.05) is 19.2 Å². The van der Waals surface area contributed by atoms with Crippen LogP contribution in [0.2, 0.25) is 0 Å². The summed E-state index contributed by atoms with van der Waals surface area (Å²) in [5.41, 5.74) is 2.50. The number of esters is 1. The van der Waals surface area contributed by atoms with E-state index in [4.69, 9.17) is 9.47 Å². The van der Waals surface area contributed by atoms with Crippen LogP contribution in [0.5, 0.6) is 5.75 Å². The third kappa shape index (κ3) is 4.83. The number of likely N-dealkylation sites (tertiary alicyclic amines) is 1. The SMILES string of the molecule is CCOC(=O)C1CCCN(Cc2cncc(-c3cc(F)ccc3OC)c2)C1. The number of halogens is 1. The predicted octanol–water partition coefficient (Wildman–Crippen LogP) is 3.67. The highest BCUT2D eigenvalue weighted by Crippen LogP contribution is 2.31. The highest BCUT2D eigenvalue weighted by molar-refractivity contribution is 5.73. The number of benzene rings is 1. The summed E-state index contributed by atoms with van der Waals surface area (Å²) in [7, 11) is 1.57. The molecule has 1 unspecified atom stereocenters. The van der Waals surface area contributed by atoms with Gasteiger partial charge in [0.15, 0.2) is 0 Å². The van der Waals surface area contributed by atoms with Gasteiger partial charge in [-0.05, 0) is 56.1 Å². The van der Waals surface area contributed by atoms with Gasteiger partial charge in [0.25, 0.3) is 0 Å². The van der Waals surface area contributed by atoms with Crippen molar-refractivity contribution in [1.82, 2.24) is 9.88 Å². The van der Waals surface area contributed by atoms with E-state index < -0.39 is 0 Å². The Bertz CT molecular complexity index is 797. The second kappa shape index (κ2) is 8.95. The quantitative estimate of drug-likeness (QED) is 0.724. The van der Waals surface area contributed by atoms with Gasteiger partial charge in [0.05, 0.1) is 19.6 Å². The van der Waals surface area contributed by atoms with Gasteiger partial charge < -0.3 is 9.47 Å². The molecule has 1 aromatic heterocycles.